The number of likely N-dealkylation sites (N-methyl/N-ethyl adjacent to an activating group) is 1. The number of hydrogen-bond donors (Lipinski definition) is 4. The van der Waals surface area contributed by atoms with Gasteiger partial charge in [0.25, 0.3) is 0 Å². The maximum absolute atomic E-state index is 12.3. The summed E-state index contributed by atoms with van der Waals surface area (Å²) in [5, 5.41) is 21.0. The van der Waals surface area contributed by atoms with E-state index in [1.54, 1.807) is 12.1 Å². The average Bonchev–Trinajstić information content (AvgIpc) is 3.14. The van der Waals surface area contributed by atoms with Crippen LogP contribution in [0.1, 0.15) is 33.0 Å². The lowest BCUT2D eigenvalue weighted by Gasteiger charge is -2.24. The molecular weight excluding hydrogens is 451 g/mol. The summed E-state index contributed by atoms with van der Waals surface area (Å²) < 4.78 is 31.7. The topological polar surface area (TPSA) is 120 Å². The van der Waals surface area contributed by atoms with Crippen LogP contribution < -0.4 is 10.6 Å². The van der Waals surface area contributed by atoms with Crippen molar-refractivity contribution in [2.45, 2.75) is 45.8 Å². The summed E-state index contributed by atoms with van der Waals surface area (Å²) in [7, 11) is 1.81. The first-order valence-electron chi connectivity index (χ1n) is 9.65. The summed E-state index contributed by atoms with van der Waals surface area (Å²) in [5.74, 6) is -1.39. The van der Waals surface area contributed by atoms with Crippen molar-refractivity contribution in [2.24, 2.45) is 5.41 Å². The van der Waals surface area contributed by atoms with Gasteiger partial charge in [0.1, 0.15) is 5.82 Å². The molecule has 8 nitrogen and oxygen atoms in total. The number of halogens is 4. The number of alkyl halides is 3. The summed E-state index contributed by atoms with van der Waals surface area (Å²) in [5.41, 5.74) is 0.986. The van der Waals surface area contributed by atoms with Gasteiger partial charge in [-0.25, -0.2) is 9.78 Å². The van der Waals surface area contributed by atoms with Crippen LogP contribution in [0.4, 0.5) is 13.2 Å². The molecule has 0 aliphatic heterocycles. The third-order valence-electron chi connectivity index (χ3n) is 4.02. The standard InChI is InChI=1S/C18H26ClN5O.C2HF3O2/c1-18(2,3)11-14(20-4)17(25)21-10-9-15-22-16(24-23-15)12-5-7-13(19)8-6-12;3-2(4,5)1(6)7/h5-8,14,20H,9-11H2,1-4H3,(H,21,25)(H,22,23,24);(H,6,7). The molecule has 0 aliphatic rings. The van der Waals surface area contributed by atoms with E-state index >= 15 is 0 Å². The largest absolute Gasteiger partial charge is 0.490 e. The van der Waals surface area contributed by atoms with Crippen molar-refractivity contribution in [3.05, 3.63) is 35.1 Å². The van der Waals surface area contributed by atoms with Crippen LogP contribution in [0, 0.1) is 5.41 Å². The van der Waals surface area contributed by atoms with Gasteiger partial charge in [0.15, 0.2) is 5.82 Å². The first-order valence-corrected chi connectivity index (χ1v) is 10.0. The van der Waals surface area contributed by atoms with Crippen molar-refractivity contribution >= 4 is 23.5 Å². The van der Waals surface area contributed by atoms with Gasteiger partial charge >= 0.3 is 12.1 Å². The molecular formula is C20H27ClF3N5O3. The zero-order valence-electron chi connectivity index (χ0n) is 18.2. The van der Waals surface area contributed by atoms with Crippen LogP contribution in [-0.2, 0) is 16.0 Å². The van der Waals surface area contributed by atoms with Crippen molar-refractivity contribution < 1.29 is 27.9 Å². The molecule has 1 amide bonds. The molecule has 0 bridgehead atoms. The first kappa shape index (κ1) is 27.4. The molecule has 32 heavy (non-hydrogen) atoms. The van der Waals surface area contributed by atoms with Crippen LogP contribution >= 0.6 is 11.6 Å². The van der Waals surface area contributed by atoms with Crippen molar-refractivity contribution in [1.82, 2.24) is 25.8 Å². The predicted molar refractivity (Wildman–Crippen MR) is 114 cm³/mol. The monoisotopic (exact) mass is 477 g/mol. The lowest BCUT2D eigenvalue weighted by molar-refractivity contribution is -0.192. The van der Waals surface area contributed by atoms with E-state index in [-0.39, 0.29) is 17.4 Å². The minimum Gasteiger partial charge on any atom is -0.475 e. The number of carboxylic acid groups (broad SMARTS) is 1. The first-order chi connectivity index (χ1) is 14.7. The summed E-state index contributed by atoms with van der Waals surface area (Å²) >= 11 is 5.89. The second-order valence-corrected chi connectivity index (χ2v) is 8.50. The second-order valence-electron chi connectivity index (χ2n) is 8.06. The SMILES string of the molecule is CNC(CC(C)(C)C)C(=O)NCCc1nc(-c2ccc(Cl)cc2)n[nH]1.O=C(O)C(F)(F)F. The fraction of sp³-hybridized carbons (Fsp3) is 0.500. The third-order valence-corrected chi connectivity index (χ3v) is 4.27. The van der Waals surface area contributed by atoms with E-state index < -0.39 is 12.1 Å². The molecule has 178 valence electrons. The lowest BCUT2D eigenvalue weighted by atomic mass is 9.88. The number of hydrogen-bond acceptors (Lipinski definition) is 5. The van der Waals surface area contributed by atoms with Crippen molar-refractivity contribution in [3.8, 4) is 11.4 Å². The number of carboxylic acids is 1. The van der Waals surface area contributed by atoms with Crippen LogP contribution in [0.3, 0.4) is 0 Å². The van der Waals surface area contributed by atoms with E-state index in [2.05, 4.69) is 46.6 Å². The number of benzene rings is 1. The fourth-order valence-corrected chi connectivity index (χ4v) is 2.63. The van der Waals surface area contributed by atoms with Crippen LogP contribution in [0.2, 0.25) is 5.02 Å². The lowest BCUT2D eigenvalue weighted by Crippen LogP contribution is -2.45. The maximum atomic E-state index is 12.3. The molecule has 4 N–H and O–H groups in total. The highest BCUT2D eigenvalue weighted by molar-refractivity contribution is 6.30. The highest BCUT2D eigenvalue weighted by atomic mass is 35.5. The van der Waals surface area contributed by atoms with Gasteiger partial charge in [-0.1, -0.05) is 32.4 Å². The van der Waals surface area contributed by atoms with Gasteiger partial charge in [0.05, 0.1) is 6.04 Å². The normalized spacial score (nSPS) is 12.5. The Balaban J connectivity index is 0.000000633. The summed E-state index contributed by atoms with van der Waals surface area (Å²) in [6, 6.07) is 7.17. The van der Waals surface area contributed by atoms with E-state index in [1.807, 2.05) is 19.2 Å². The minimum absolute atomic E-state index is 0.00913. The number of rotatable bonds is 7. The Bertz CT molecular complexity index is 880. The Labute approximate surface area is 189 Å². The Morgan fingerprint density at radius 1 is 1.19 bits per heavy atom. The van der Waals surface area contributed by atoms with Crippen LogP contribution in [-0.4, -0.2) is 58.0 Å². The van der Waals surface area contributed by atoms with Crippen LogP contribution in [0.5, 0.6) is 0 Å². The molecule has 0 radical (unpaired) electrons. The molecule has 0 saturated carbocycles. The molecule has 1 unspecified atom stereocenters. The molecule has 0 fully saturated rings. The highest BCUT2D eigenvalue weighted by Gasteiger charge is 2.38. The van der Waals surface area contributed by atoms with Gasteiger partial charge in [0.2, 0.25) is 5.91 Å². The van der Waals surface area contributed by atoms with E-state index in [4.69, 9.17) is 21.5 Å². The van der Waals surface area contributed by atoms with Crippen LogP contribution in [0.15, 0.2) is 24.3 Å². The molecule has 1 heterocycles. The molecule has 0 spiro atoms. The Morgan fingerprint density at radius 3 is 2.22 bits per heavy atom. The third kappa shape index (κ3) is 10.1. The quantitative estimate of drug-likeness (QED) is 0.485. The van der Waals surface area contributed by atoms with Crippen molar-refractivity contribution in [3.63, 3.8) is 0 Å². The molecule has 12 heteroatoms. The van der Waals surface area contributed by atoms with Crippen molar-refractivity contribution in [2.75, 3.05) is 13.6 Å². The highest BCUT2D eigenvalue weighted by Crippen LogP contribution is 2.21. The van der Waals surface area contributed by atoms with Gasteiger partial charge in [-0.3, -0.25) is 9.89 Å². The molecule has 1 atom stereocenters. The average molecular weight is 478 g/mol. The van der Waals surface area contributed by atoms with Gasteiger partial charge in [-0.05, 0) is 43.1 Å². The van der Waals surface area contributed by atoms with Gasteiger partial charge in [-0.2, -0.15) is 18.3 Å². The number of nitrogens with zero attached hydrogens (tertiary/aromatic N) is 2. The number of aliphatic carboxylic acids is 1. The minimum atomic E-state index is -5.08. The zero-order valence-corrected chi connectivity index (χ0v) is 18.9. The Kier molecular flexibility index (Phi) is 10.1. The molecule has 2 aromatic rings. The number of nitrogens with one attached hydrogen (secondary N) is 3. The number of aromatic amines is 1. The molecule has 0 aliphatic carbocycles. The van der Waals surface area contributed by atoms with Crippen molar-refractivity contribution in [1.29, 1.82) is 0 Å². The zero-order chi connectivity index (χ0) is 24.5. The molecule has 1 aromatic heterocycles. The summed E-state index contributed by atoms with van der Waals surface area (Å²) in [6.07, 6.45) is -3.71. The Morgan fingerprint density at radius 2 is 1.75 bits per heavy atom. The number of aromatic nitrogens is 3. The molecule has 0 saturated heterocycles. The summed E-state index contributed by atoms with van der Waals surface area (Å²) in [6.45, 7) is 6.88. The number of carbonyl (C=O) groups excluding carboxylic acids is 1. The van der Waals surface area contributed by atoms with E-state index in [9.17, 15) is 18.0 Å². The number of amides is 1. The van der Waals surface area contributed by atoms with Gasteiger partial charge in [0, 0.05) is 23.6 Å². The maximum Gasteiger partial charge on any atom is 0.490 e. The van der Waals surface area contributed by atoms with Crippen LogP contribution in [0.25, 0.3) is 11.4 Å². The fourth-order valence-electron chi connectivity index (χ4n) is 2.50. The van der Waals surface area contributed by atoms with E-state index in [0.717, 1.165) is 17.8 Å². The second kappa shape index (κ2) is 11.8. The Hall–Kier alpha value is -2.66. The smallest absolute Gasteiger partial charge is 0.475 e. The number of carbonyl (C=O) groups is 2. The van der Waals surface area contributed by atoms with E-state index in [1.165, 1.54) is 0 Å². The predicted octanol–water partition coefficient (Wildman–Crippen LogP) is 3.44. The molecule has 1 aromatic carbocycles. The van der Waals surface area contributed by atoms with Gasteiger partial charge < -0.3 is 15.7 Å². The number of H-pyrrole nitrogens is 1. The molecule has 2 rings (SSSR count). The summed E-state index contributed by atoms with van der Waals surface area (Å²) in [4.78, 5) is 25.6. The van der Waals surface area contributed by atoms with Gasteiger partial charge in [-0.15, -0.1) is 0 Å². The van der Waals surface area contributed by atoms with E-state index in [0.29, 0.717) is 23.8 Å².